The number of nitrogens with zero attached hydrogens (tertiary/aromatic N) is 2. The molecule has 1 aromatic heterocycles. The molecule has 4 rings (SSSR count). The molecule has 0 atom stereocenters. The molecule has 1 heterocycles. The number of hydrogen-bond donors (Lipinski definition) is 2. The van der Waals surface area contributed by atoms with Crippen LogP contribution in [-0.2, 0) is 11.2 Å². The minimum atomic E-state index is -0.603. The fourth-order valence-electron chi connectivity index (χ4n) is 3.25. The third-order valence-electron chi connectivity index (χ3n) is 4.82. The van der Waals surface area contributed by atoms with Gasteiger partial charge in [-0.2, -0.15) is 9.78 Å². The first-order valence-electron chi connectivity index (χ1n) is 9.84. The zero-order valence-corrected chi connectivity index (χ0v) is 16.6. The van der Waals surface area contributed by atoms with Crippen molar-refractivity contribution in [3.63, 3.8) is 0 Å². The minimum Gasteiger partial charge on any atom is -0.273 e. The summed E-state index contributed by atoms with van der Waals surface area (Å²) in [5.74, 6) is -0.924. The van der Waals surface area contributed by atoms with Crippen LogP contribution in [0, 0.1) is 0 Å². The SMILES string of the molecule is O=C(CCc1ccccc1)NNC(=O)c1nn(-c2ccccc2)c(=O)c2ccccc12. The lowest BCUT2D eigenvalue weighted by Crippen LogP contribution is -2.42. The molecule has 0 aliphatic heterocycles. The summed E-state index contributed by atoms with van der Waals surface area (Å²) in [6.45, 7) is 0. The van der Waals surface area contributed by atoms with Crippen molar-refractivity contribution in [2.45, 2.75) is 12.8 Å². The van der Waals surface area contributed by atoms with E-state index >= 15 is 0 Å². The Kier molecular flexibility index (Phi) is 5.84. The molecule has 0 saturated carbocycles. The van der Waals surface area contributed by atoms with Crippen LogP contribution in [0.5, 0.6) is 0 Å². The van der Waals surface area contributed by atoms with Crippen molar-refractivity contribution in [3.05, 3.63) is 107 Å². The van der Waals surface area contributed by atoms with Crippen LogP contribution in [0.15, 0.2) is 89.7 Å². The van der Waals surface area contributed by atoms with Crippen LogP contribution in [0.25, 0.3) is 16.5 Å². The molecular formula is C24H20N4O3. The molecule has 7 nitrogen and oxygen atoms in total. The Morgan fingerprint density at radius 2 is 1.39 bits per heavy atom. The van der Waals surface area contributed by atoms with E-state index < -0.39 is 5.91 Å². The van der Waals surface area contributed by atoms with Gasteiger partial charge in [0.15, 0.2) is 5.69 Å². The Hall–Kier alpha value is -4.26. The summed E-state index contributed by atoms with van der Waals surface area (Å²) in [5, 5.41) is 5.06. The Labute approximate surface area is 178 Å². The second-order valence-electron chi connectivity index (χ2n) is 6.93. The van der Waals surface area contributed by atoms with Gasteiger partial charge in [-0.1, -0.05) is 66.7 Å². The summed E-state index contributed by atoms with van der Waals surface area (Å²) in [4.78, 5) is 37.9. The molecule has 0 bridgehead atoms. The van der Waals surface area contributed by atoms with Crippen LogP contribution >= 0.6 is 0 Å². The second-order valence-corrected chi connectivity index (χ2v) is 6.93. The summed E-state index contributed by atoms with van der Waals surface area (Å²) in [5.41, 5.74) is 6.12. The molecule has 0 radical (unpaired) electrons. The number of para-hydroxylation sites is 1. The minimum absolute atomic E-state index is 0.0439. The molecule has 0 unspecified atom stereocenters. The quantitative estimate of drug-likeness (QED) is 0.493. The largest absolute Gasteiger partial charge is 0.290 e. The standard InChI is InChI=1S/C24H20N4O3/c29-21(16-15-17-9-3-1-4-10-17)25-26-23(30)22-19-13-7-8-14-20(19)24(31)28(27-22)18-11-5-2-6-12-18/h1-14H,15-16H2,(H,25,29)(H,26,30). The predicted octanol–water partition coefficient (Wildman–Crippen LogP) is 2.78. The van der Waals surface area contributed by atoms with Crippen LogP contribution < -0.4 is 16.4 Å². The van der Waals surface area contributed by atoms with Gasteiger partial charge in [0.25, 0.3) is 11.5 Å². The van der Waals surface area contributed by atoms with E-state index in [4.69, 9.17) is 0 Å². The highest BCUT2D eigenvalue weighted by atomic mass is 16.2. The first-order chi connectivity index (χ1) is 15.1. The third-order valence-corrected chi connectivity index (χ3v) is 4.82. The number of fused-ring (bicyclic) bond motifs is 1. The van der Waals surface area contributed by atoms with E-state index in [2.05, 4.69) is 16.0 Å². The van der Waals surface area contributed by atoms with Gasteiger partial charge in [0, 0.05) is 11.8 Å². The van der Waals surface area contributed by atoms with Gasteiger partial charge in [-0.3, -0.25) is 25.2 Å². The predicted molar refractivity (Wildman–Crippen MR) is 118 cm³/mol. The van der Waals surface area contributed by atoms with Crippen LogP contribution in [-0.4, -0.2) is 21.6 Å². The number of rotatable bonds is 5. The molecule has 0 saturated heterocycles. The number of amides is 2. The monoisotopic (exact) mass is 412 g/mol. The number of aromatic nitrogens is 2. The van der Waals surface area contributed by atoms with Crippen molar-refractivity contribution in [2.75, 3.05) is 0 Å². The zero-order chi connectivity index (χ0) is 21.6. The molecule has 7 heteroatoms. The fourth-order valence-corrected chi connectivity index (χ4v) is 3.25. The second kappa shape index (κ2) is 9.04. The highest BCUT2D eigenvalue weighted by Crippen LogP contribution is 2.15. The summed E-state index contributed by atoms with van der Waals surface area (Å²) in [6.07, 6.45) is 0.782. The van der Waals surface area contributed by atoms with E-state index in [1.165, 1.54) is 4.68 Å². The third kappa shape index (κ3) is 4.51. The van der Waals surface area contributed by atoms with Gasteiger partial charge >= 0.3 is 0 Å². The van der Waals surface area contributed by atoms with Gasteiger partial charge in [-0.15, -0.1) is 0 Å². The topological polar surface area (TPSA) is 93.1 Å². The first kappa shape index (κ1) is 20.0. The molecular weight excluding hydrogens is 392 g/mol. The maximum atomic E-state index is 12.9. The van der Waals surface area contributed by atoms with Gasteiger partial charge < -0.3 is 0 Å². The number of carbonyl (C=O) groups excluding carboxylic acids is 2. The lowest BCUT2D eigenvalue weighted by Gasteiger charge is -2.12. The van der Waals surface area contributed by atoms with E-state index in [0.717, 1.165) is 5.56 Å². The van der Waals surface area contributed by atoms with Crippen LogP contribution in [0.1, 0.15) is 22.5 Å². The Balaban J connectivity index is 1.55. The smallest absolute Gasteiger partial charge is 0.273 e. The molecule has 0 aliphatic rings. The number of hydrogen-bond acceptors (Lipinski definition) is 4. The molecule has 0 spiro atoms. The molecule has 2 N–H and O–H groups in total. The van der Waals surface area contributed by atoms with Crippen molar-refractivity contribution < 1.29 is 9.59 Å². The zero-order valence-electron chi connectivity index (χ0n) is 16.6. The summed E-state index contributed by atoms with van der Waals surface area (Å²) in [7, 11) is 0. The molecule has 3 aromatic carbocycles. The van der Waals surface area contributed by atoms with Crippen LogP contribution in [0.3, 0.4) is 0 Å². The van der Waals surface area contributed by atoms with Gasteiger partial charge in [-0.25, -0.2) is 0 Å². The summed E-state index contributed by atoms with van der Waals surface area (Å²) < 4.78 is 1.19. The van der Waals surface area contributed by atoms with Crippen LogP contribution in [0.4, 0.5) is 0 Å². The van der Waals surface area contributed by atoms with Crippen molar-refractivity contribution in [2.24, 2.45) is 0 Å². The van der Waals surface area contributed by atoms with Crippen molar-refractivity contribution in [1.29, 1.82) is 0 Å². The van der Waals surface area contributed by atoms with Crippen molar-refractivity contribution in [1.82, 2.24) is 20.6 Å². The summed E-state index contributed by atoms with van der Waals surface area (Å²) in [6, 6.07) is 25.2. The number of hydrazine groups is 1. The van der Waals surface area contributed by atoms with Gasteiger partial charge in [0.1, 0.15) is 0 Å². The molecule has 4 aromatic rings. The molecule has 0 fully saturated rings. The average Bonchev–Trinajstić information content (AvgIpc) is 2.83. The maximum absolute atomic E-state index is 12.9. The first-order valence-corrected chi connectivity index (χ1v) is 9.84. The van der Waals surface area contributed by atoms with Crippen molar-refractivity contribution in [3.8, 4) is 5.69 Å². The highest BCUT2D eigenvalue weighted by Gasteiger charge is 2.18. The fraction of sp³-hybridized carbons (Fsp3) is 0.0833. The van der Waals surface area contributed by atoms with Gasteiger partial charge in [0.05, 0.1) is 11.1 Å². The van der Waals surface area contributed by atoms with Gasteiger partial charge in [0.2, 0.25) is 5.91 Å². The Morgan fingerprint density at radius 3 is 2.10 bits per heavy atom. The number of nitrogens with one attached hydrogen (secondary N) is 2. The molecule has 31 heavy (non-hydrogen) atoms. The van der Waals surface area contributed by atoms with Crippen LogP contribution in [0.2, 0.25) is 0 Å². The summed E-state index contributed by atoms with van der Waals surface area (Å²) >= 11 is 0. The number of carbonyl (C=O) groups is 2. The van der Waals surface area contributed by atoms with E-state index in [1.54, 1.807) is 48.5 Å². The molecule has 0 aliphatic carbocycles. The Bertz CT molecular complexity index is 1280. The van der Waals surface area contributed by atoms with E-state index in [-0.39, 0.29) is 23.6 Å². The van der Waals surface area contributed by atoms with E-state index in [1.807, 2.05) is 36.4 Å². The highest BCUT2D eigenvalue weighted by molar-refractivity contribution is 6.05. The number of aryl methyl sites for hydroxylation is 1. The van der Waals surface area contributed by atoms with Crippen molar-refractivity contribution >= 4 is 22.6 Å². The molecule has 154 valence electrons. The average molecular weight is 412 g/mol. The maximum Gasteiger partial charge on any atom is 0.290 e. The number of benzene rings is 3. The lowest BCUT2D eigenvalue weighted by molar-refractivity contribution is -0.121. The van der Waals surface area contributed by atoms with Gasteiger partial charge in [-0.05, 0) is 30.2 Å². The molecule has 2 amide bonds. The normalized spacial score (nSPS) is 10.6. The van der Waals surface area contributed by atoms with E-state index in [0.29, 0.717) is 22.9 Å². The lowest BCUT2D eigenvalue weighted by atomic mass is 10.1. The Morgan fingerprint density at radius 1 is 0.774 bits per heavy atom. The van der Waals surface area contributed by atoms with E-state index in [9.17, 15) is 14.4 Å².